The van der Waals surface area contributed by atoms with E-state index < -0.39 is 12.1 Å². The van der Waals surface area contributed by atoms with Gasteiger partial charge in [0.15, 0.2) is 0 Å². The van der Waals surface area contributed by atoms with Gasteiger partial charge in [0.1, 0.15) is 0 Å². The van der Waals surface area contributed by atoms with Gasteiger partial charge in [-0.25, -0.2) is 0 Å². The van der Waals surface area contributed by atoms with Crippen molar-refractivity contribution >= 4 is 32.7 Å². The van der Waals surface area contributed by atoms with Gasteiger partial charge >= 0.3 is 0 Å². The Balaban J connectivity index is 1.83. The topological polar surface area (TPSA) is 62.2 Å². The summed E-state index contributed by atoms with van der Waals surface area (Å²) in [5.74, 6) is -0.217. The quantitative estimate of drug-likeness (QED) is 0.693. The van der Waals surface area contributed by atoms with Crippen LogP contribution in [0.1, 0.15) is 34.6 Å². The molecule has 0 fully saturated rings. The molecule has 2 aromatic carbocycles. The number of fused-ring (bicyclic) bond motifs is 1. The zero-order chi connectivity index (χ0) is 18.0. The summed E-state index contributed by atoms with van der Waals surface area (Å²) in [6, 6.07) is 16.3. The SMILES string of the molecule is Cc1cc(C(=O)NC(C)C(O)c2ccc(Br)cc2)c2ccccc2n1. The molecular formula is C20H19BrN2O2. The van der Waals surface area contributed by atoms with E-state index in [1.165, 1.54) is 0 Å². The Morgan fingerprint density at radius 2 is 1.84 bits per heavy atom. The molecule has 3 aromatic rings. The van der Waals surface area contributed by atoms with Crippen molar-refractivity contribution in [2.45, 2.75) is 26.0 Å². The van der Waals surface area contributed by atoms with Gasteiger partial charge in [-0.1, -0.05) is 46.3 Å². The van der Waals surface area contributed by atoms with Crippen molar-refractivity contribution in [1.82, 2.24) is 10.3 Å². The average Bonchev–Trinajstić information content (AvgIpc) is 2.60. The number of nitrogens with one attached hydrogen (secondary N) is 1. The van der Waals surface area contributed by atoms with Crippen molar-refractivity contribution in [1.29, 1.82) is 0 Å². The molecule has 0 bridgehead atoms. The summed E-state index contributed by atoms with van der Waals surface area (Å²) in [5.41, 5.74) is 2.89. The number of carbonyl (C=O) groups excluding carboxylic acids is 1. The third-order valence-electron chi connectivity index (χ3n) is 4.13. The van der Waals surface area contributed by atoms with Gasteiger partial charge in [-0.15, -0.1) is 0 Å². The first-order valence-electron chi connectivity index (χ1n) is 8.06. The van der Waals surface area contributed by atoms with Crippen molar-refractivity contribution in [3.05, 3.63) is 75.9 Å². The monoisotopic (exact) mass is 398 g/mol. The fraction of sp³-hybridized carbons (Fsp3) is 0.200. The Hall–Kier alpha value is -2.24. The third-order valence-corrected chi connectivity index (χ3v) is 4.66. The number of halogens is 1. The number of carbonyl (C=O) groups is 1. The number of aliphatic hydroxyl groups is 1. The molecule has 2 unspecified atom stereocenters. The maximum absolute atomic E-state index is 12.8. The summed E-state index contributed by atoms with van der Waals surface area (Å²) < 4.78 is 0.943. The predicted octanol–water partition coefficient (Wildman–Crippen LogP) is 4.16. The molecule has 2 N–H and O–H groups in total. The number of benzene rings is 2. The summed E-state index contributed by atoms with van der Waals surface area (Å²) in [5, 5.41) is 14.2. The molecule has 1 amide bonds. The lowest BCUT2D eigenvalue weighted by Gasteiger charge is -2.21. The van der Waals surface area contributed by atoms with Gasteiger partial charge < -0.3 is 10.4 Å². The van der Waals surface area contributed by atoms with Crippen molar-refractivity contribution in [2.24, 2.45) is 0 Å². The average molecular weight is 399 g/mol. The molecule has 0 saturated heterocycles. The van der Waals surface area contributed by atoms with Crippen LogP contribution in [0.25, 0.3) is 10.9 Å². The first kappa shape index (κ1) is 17.6. The molecule has 0 aliphatic rings. The van der Waals surface area contributed by atoms with Gasteiger partial charge in [0, 0.05) is 15.6 Å². The molecule has 0 aliphatic heterocycles. The fourth-order valence-electron chi connectivity index (χ4n) is 2.81. The van der Waals surface area contributed by atoms with Gasteiger partial charge in [0.05, 0.1) is 23.2 Å². The lowest BCUT2D eigenvalue weighted by atomic mass is 10.0. The first-order valence-corrected chi connectivity index (χ1v) is 8.86. The largest absolute Gasteiger partial charge is 0.386 e. The molecule has 25 heavy (non-hydrogen) atoms. The van der Waals surface area contributed by atoms with Crippen LogP contribution < -0.4 is 5.32 Å². The van der Waals surface area contributed by atoms with E-state index in [0.29, 0.717) is 5.56 Å². The Morgan fingerprint density at radius 3 is 2.56 bits per heavy atom. The summed E-state index contributed by atoms with van der Waals surface area (Å²) in [6.45, 7) is 3.66. The zero-order valence-electron chi connectivity index (χ0n) is 14.0. The highest BCUT2D eigenvalue weighted by molar-refractivity contribution is 9.10. The predicted molar refractivity (Wildman–Crippen MR) is 103 cm³/mol. The van der Waals surface area contributed by atoms with Gasteiger partial charge in [-0.2, -0.15) is 0 Å². The molecule has 0 spiro atoms. The summed E-state index contributed by atoms with van der Waals surface area (Å²) in [6.07, 6.45) is -0.786. The molecule has 5 heteroatoms. The number of rotatable bonds is 4. The molecule has 1 aromatic heterocycles. The van der Waals surface area contributed by atoms with Crippen molar-refractivity contribution in [3.8, 4) is 0 Å². The van der Waals surface area contributed by atoms with Crippen molar-refractivity contribution < 1.29 is 9.90 Å². The van der Waals surface area contributed by atoms with Crippen molar-refractivity contribution in [3.63, 3.8) is 0 Å². The molecule has 2 atom stereocenters. The van der Waals surface area contributed by atoms with Gasteiger partial charge in [0.25, 0.3) is 5.91 Å². The maximum Gasteiger partial charge on any atom is 0.252 e. The number of nitrogens with zero attached hydrogens (tertiary/aromatic N) is 1. The number of pyridine rings is 1. The van der Waals surface area contributed by atoms with Crippen molar-refractivity contribution in [2.75, 3.05) is 0 Å². The van der Waals surface area contributed by atoms with Gasteiger partial charge in [0.2, 0.25) is 0 Å². The minimum absolute atomic E-state index is 0.217. The molecular weight excluding hydrogens is 380 g/mol. The Labute approximate surface area is 155 Å². The van der Waals surface area contributed by atoms with E-state index in [0.717, 1.165) is 26.6 Å². The number of amides is 1. The smallest absolute Gasteiger partial charge is 0.252 e. The van der Waals surface area contributed by atoms with Crippen LogP contribution in [0.4, 0.5) is 0 Å². The standard InChI is InChI=1S/C20H19BrN2O2/c1-12-11-17(16-5-3-4-6-18(16)22-12)20(25)23-13(2)19(24)14-7-9-15(21)10-8-14/h3-11,13,19,24H,1-2H3,(H,23,25). The number of aryl methyl sites for hydroxylation is 1. The Kier molecular flexibility index (Phi) is 5.16. The zero-order valence-corrected chi connectivity index (χ0v) is 15.6. The van der Waals surface area contributed by atoms with E-state index in [1.807, 2.05) is 55.5 Å². The van der Waals surface area contributed by atoms with E-state index in [9.17, 15) is 9.90 Å². The molecule has 0 saturated carbocycles. The van der Waals surface area contributed by atoms with E-state index in [4.69, 9.17) is 0 Å². The van der Waals surface area contributed by atoms with Crippen LogP contribution in [0.5, 0.6) is 0 Å². The van der Waals surface area contributed by atoms with Crippen LogP contribution in [0.15, 0.2) is 59.1 Å². The first-order chi connectivity index (χ1) is 12.0. The molecule has 0 aliphatic carbocycles. The Morgan fingerprint density at radius 1 is 1.16 bits per heavy atom. The molecule has 1 heterocycles. The minimum atomic E-state index is -0.786. The lowest BCUT2D eigenvalue weighted by Crippen LogP contribution is -2.37. The van der Waals surface area contributed by atoms with Crippen LogP contribution in [0.2, 0.25) is 0 Å². The Bertz CT molecular complexity index is 909. The van der Waals surface area contributed by atoms with Crippen LogP contribution in [0.3, 0.4) is 0 Å². The van der Waals surface area contributed by atoms with Crippen LogP contribution in [-0.4, -0.2) is 22.0 Å². The number of hydrogen-bond acceptors (Lipinski definition) is 3. The second-order valence-electron chi connectivity index (χ2n) is 6.09. The minimum Gasteiger partial charge on any atom is -0.386 e. The molecule has 0 radical (unpaired) electrons. The summed E-state index contributed by atoms with van der Waals surface area (Å²) >= 11 is 3.37. The maximum atomic E-state index is 12.8. The number of aromatic nitrogens is 1. The van der Waals surface area contributed by atoms with Gasteiger partial charge in [-0.05, 0) is 43.7 Å². The molecule has 3 rings (SSSR count). The normalized spacial score (nSPS) is 13.4. The molecule has 4 nitrogen and oxygen atoms in total. The van der Waals surface area contributed by atoms with Crippen LogP contribution in [-0.2, 0) is 0 Å². The van der Waals surface area contributed by atoms with Crippen LogP contribution >= 0.6 is 15.9 Å². The third kappa shape index (κ3) is 3.89. The highest BCUT2D eigenvalue weighted by atomic mass is 79.9. The second kappa shape index (κ2) is 7.33. The van der Waals surface area contributed by atoms with Crippen LogP contribution in [0, 0.1) is 6.92 Å². The molecule has 128 valence electrons. The van der Waals surface area contributed by atoms with E-state index in [-0.39, 0.29) is 5.91 Å². The highest BCUT2D eigenvalue weighted by Gasteiger charge is 2.20. The number of hydrogen-bond donors (Lipinski definition) is 2. The summed E-state index contributed by atoms with van der Waals surface area (Å²) in [4.78, 5) is 17.2. The lowest BCUT2D eigenvalue weighted by molar-refractivity contribution is 0.0853. The number of aliphatic hydroxyl groups excluding tert-OH is 1. The van der Waals surface area contributed by atoms with E-state index in [2.05, 4.69) is 26.2 Å². The fourth-order valence-corrected chi connectivity index (χ4v) is 3.07. The van der Waals surface area contributed by atoms with E-state index >= 15 is 0 Å². The number of para-hydroxylation sites is 1. The van der Waals surface area contributed by atoms with Gasteiger partial charge in [-0.3, -0.25) is 9.78 Å². The summed E-state index contributed by atoms with van der Waals surface area (Å²) in [7, 11) is 0. The highest BCUT2D eigenvalue weighted by Crippen LogP contribution is 2.21. The second-order valence-corrected chi connectivity index (χ2v) is 7.00. The van der Waals surface area contributed by atoms with E-state index in [1.54, 1.807) is 13.0 Å².